The lowest BCUT2D eigenvalue weighted by atomic mass is 10.1. The topological polar surface area (TPSA) is 78.5 Å². The molecule has 0 spiro atoms. The van der Waals surface area contributed by atoms with Crippen molar-refractivity contribution in [3.05, 3.63) is 29.8 Å². The van der Waals surface area contributed by atoms with Crippen LogP contribution in [0.1, 0.15) is 16.8 Å². The van der Waals surface area contributed by atoms with Crippen molar-refractivity contribution in [1.82, 2.24) is 10.2 Å². The van der Waals surface area contributed by atoms with Crippen LogP contribution >= 0.6 is 11.8 Å². The zero-order chi connectivity index (χ0) is 18.4. The summed E-state index contributed by atoms with van der Waals surface area (Å²) in [6, 6.07) is 5.79. The maximum absolute atomic E-state index is 12.2. The zero-order valence-corrected chi connectivity index (χ0v) is 13.9. The molecule has 0 bridgehead atoms. The van der Waals surface area contributed by atoms with Gasteiger partial charge in [-0.05, 0) is 12.1 Å². The number of thioether (sulfide) groups is 1. The minimum Gasteiger partial charge on any atom is -0.343 e. The monoisotopic (exact) mass is 375 g/mol. The molecule has 6 nitrogen and oxygen atoms in total. The van der Waals surface area contributed by atoms with E-state index in [9.17, 15) is 27.6 Å². The van der Waals surface area contributed by atoms with Crippen molar-refractivity contribution in [2.45, 2.75) is 12.6 Å². The maximum Gasteiger partial charge on any atom is 0.405 e. The first-order valence-electron chi connectivity index (χ1n) is 7.42. The van der Waals surface area contributed by atoms with Crippen LogP contribution in [0.25, 0.3) is 0 Å². The predicted octanol–water partition coefficient (Wildman–Crippen LogP) is 2.48. The lowest BCUT2D eigenvalue weighted by molar-refractivity contribution is -0.123. The Labute approximate surface area is 146 Å². The van der Waals surface area contributed by atoms with E-state index in [4.69, 9.17) is 0 Å². The second-order valence-corrected chi connectivity index (χ2v) is 6.29. The average Bonchev–Trinajstić information content (AvgIpc) is 2.95. The molecule has 1 saturated heterocycles. The van der Waals surface area contributed by atoms with Crippen LogP contribution < -0.4 is 10.6 Å². The lowest BCUT2D eigenvalue weighted by Crippen LogP contribution is -2.34. The van der Waals surface area contributed by atoms with Crippen LogP contribution in [0.2, 0.25) is 0 Å². The smallest absolute Gasteiger partial charge is 0.343 e. The fourth-order valence-electron chi connectivity index (χ4n) is 2.14. The number of halogens is 3. The number of alkyl halides is 3. The molecule has 0 unspecified atom stereocenters. The number of hydrogen-bond acceptors (Lipinski definition) is 4. The second kappa shape index (κ2) is 8.24. The fraction of sp³-hybridized carbons (Fsp3) is 0.400. The van der Waals surface area contributed by atoms with Gasteiger partial charge in [0.2, 0.25) is 5.91 Å². The Bertz CT molecular complexity index is 667. The third-order valence-electron chi connectivity index (χ3n) is 3.35. The molecule has 2 rings (SSSR count). The second-order valence-electron chi connectivity index (χ2n) is 5.24. The third-order valence-corrected chi connectivity index (χ3v) is 4.24. The van der Waals surface area contributed by atoms with Crippen molar-refractivity contribution in [2.24, 2.45) is 0 Å². The van der Waals surface area contributed by atoms with Gasteiger partial charge >= 0.3 is 6.18 Å². The number of nitrogens with zero attached hydrogens (tertiary/aromatic N) is 1. The highest BCUT2D eigenvalue weighted by Crippen LogP contribution is 2.19. The molecule has 25 heavy (non-hydrogen) atoms. The van der Waals surface area contributed by atoms with Crippen LogP contribution in [0.5, 0.6) is 0 Å². The molecule has 1 heterocycles. The van der Waals surface area contributed by atoms with Gasteiger partial charge in [0.05, 0.1) is 11.3 Å². The molecule has 0 atom stereocenters. The van der Waals surface area contributed by atoms with Crippen molar-refractivity contribution < 1.29 is 27.6 Å². The highest BCUT2D eigenvalue weighted by atomic mass is 32.2. The van der Waals surface area contributed by atoms with Gasteiger partial charge in [-0.1, -0.05) is 23.9 Å². The van der Waals surface area contributed by atoms with E-state index in [1.54, 1.807) is 16.3 Å². The van der Waals surface area contributed by atoms with E-state index in [-0.39, 0.29) is 29.5 Å². The van der Waals surface area contributed by atoms with E-state index in [0.717, 1.165) is 0 Å². The van der Waals surface area contributed by atoms with Crippen LogP contribution in [0.3, 0.4) is 0 Å². The fourth-order valence-corrected chi connectivity index (χ4v) is 3.00. The molecule has 10 heteroatoms. The molecule has 136 valence electrons. The summed E-state index contributed by atoms with van der Waals surface area (Å²) in [5.41, 5.74) is 0.0576. The molecule has 1 aromatic rings. The van der Waals surface area contributed by atoms with Gasteiger partial charge in [0.25, 0.3) is 11.1 Å². The van der Waals surface area contributed by atoms with Gasteiger partial charge in [-0.3, -0.25) is 14.4 Å². The van der Waals surface area contributed by atoms with E-state index in [0.29, 0.717) is 12.3 Å². The molecule has 0 radical (unpaired) electrons. The zero-order valence-electron chi connectivity index (χ0n) is 13.1. The normalized spacial score (nSPS) is 14.5. The summed E-state index contributed by atoms with van der Waals surface area (Å²) in [5.74, 6) is -0.678. The Balaban J connectivity index is 1.94. The first-order valence-corrected chi connectivity index (χ1v) is 8.40. The quantitative estimate of drug-likeness (QED) is 0.801. The van der Waals surface area contributed by atoms with E-state index >= 15 is 0 Å². The SMILES string of the molecule is O=C(CCN1CCSC1=O)Nc1ccccc1C(=O)NCC(F)(F)F. The first kappa shape index (κ1) is 19.1. The van der Waals surface area contributed by atoms with Crippen molar-refractivity contribution in [1.29, 1.82) is 0 Å². The lowest BCUT2D eigenvalue weighted by Gasteiger charge is -2.15. The number of anilines is 1. The summed E-state index contributed by atoms with van der Waals surface area (Å²) in [6.45, 7) is -0.629. The van der Waals surface area contributed by atoms with E-state index in [1.807, 2.05) is 0 Å². The van der Waals surface area contributed by atoms with Gasteiger partial charge < -0.3 is 15.5 Å². The van der Waals surface area contributed by atoms with Crippen LogP contribution in [-0.4, -0.2) is 53.5 Å². The number of nitrogens with one attached hydrogen (secondary N) is 2. The van der Waals surface area contributed by atoms with E-state index in [1.165, 1.54) is 30.0 Å². The average molecular weight is 375 g/mol. The Hall–Kier alpha value is -2.23. The van der Waals surface area contributed by atoms with Crippen LogP contribution in [0.15, 0.2) is 24.3 Å². The summed E-state index contributed by atoms with van der Waals surface area (Å²) in [7, 11) is 0. The minimum atomic E-state index is -4.52. The van der Waals surface area contributed by atoms with E-state index in [2.05, 4.69) is 5.32 Å². The molecule has 1 aliphatic heterocycles. The van der Waals surface area contributed by atoms with Crippen molar-refractivity contribution >= 4 is 34.5 Å². The predicted molar refractivity (Wildman–Crippen MR) is 87.5 cm³/mol. The Morgan fingerprint density at radius 2 is 1.96 bits per heavy atom. The summed E-state index contributed by atoms with van der Waals surface area (Å²) in [5, 5.41) is 4.18. The molecule has 0 aromatic heterocycles. The highest BCUT2D eigenvalue weighted by molar-refractivity contribution is 8.13. The van der Waals surface area contributed by atoms with Gasteiger partial charge in [0.15, 0.2) is 0 Å². The molecular formula is C15H16F3N3O3S. The molecular weight excluding hydrogens is 359 g/mol. The van der Waals surface area contributed by atoms with Gasteiger partial charge in [0, 0.05) is 25.3 Å². The molecule has 1 fully saturated rings. The molecule has 0 saturated carbocycles. The van der Waals surface area contributed by atoms with Gasteiger partial charge in [-0.25, -0.2) is 0 Å². The molecule has 2 N–H and O–H groups in total. The van der Waals surface area contributed by atoms with Crippen molar-refractivity contribution in [3.63, 3.8) is 0 Å². The number of amides is 3. The van der Waals surface area contributed by atoms with Crippen LogP contribution in [0.4, 0.5) is 23.7 Å². The largest absolute Gasteiger partial charge is 0.405 e. The van der Waals surface area contributed by atoms with Crippen molar-refractivity contribution in [2.75, 3.05) is 30.7 Å². The standard InChI is InChI=1S/C15H16F3N3O3S/c16-15(17,18)9-19-13(23)10-3-1-2-4-11(10)20-12(22)5-6-21-7-8-25-14(21)24/h1-4H,5-9H2,(H,19,23)(H,20,22). The van der Waals surface area contributed by atoms with E-state index < -0.39 is 24.5 Å². The summed E-state index contributed by atoms with van der Waals surface area (Å²) < 4.78 is 36.6. The number of para-hydroxylation sites is 1. The number of carbonyl (C=O) groups is 3. The number of hydrogen-bond donors (Lipinski definition) is 2. The summed E-state index contributed by atoms with van der Waals surface area (Å²) in [6.07, 6.45) is -4.49. The van der Waals surface area contributed by atoms with Gasteiger partial charge in [-0.15, -0.1) is 0 Å². The molecule has 3 amide bonds. The summed E-state index contributed by atoms with van der Waals surface area (Å²) >= 11 is 1.19. The maximum atomic E-state index is 12.2. The van der Waals surface area contributed by atoms with Gasteiger partial charge in [0.1, 0.15) is 6.54 Å². The minimum absolute atomic E-state index is 0.0325. The van der Waals surface area contributed by atoms with Crippen LogP contribution in [0, 0.1) is 0 Å². The Morgan fingerprint density at radius 3 is 2.60 bits per heavy atom. The Morgan fingerprint density at radius 1 is 1.24 bits per heavy atom. The molecule has 1 aliphatic rings. The number of rotatable bonds is 6. The highest BCUT2D eigenvalue weighted by Gasteiger charge is 2.28. The third kappa shape index (κ3) is 5.96. The Kier molecular flexibility index (Phi) is 6.29. The number of carbonyl (C=O) groups excluding carboxylic acids is 3. The van der Waals surface area contributed by atoms with Crippen LogP contribution in [-0.2, 0) is 4.79 Å². The number of benzene rings is 1. The first-order chi connectivity index (χ1) is 11.8. The molecule has 1 aromatic carbocycles. The van der Waals surface area contributed by atoms with Crippen molar-refractivity contribution in [3.8, 4) is 0 Å². The van der Waals surface area contributed by atoms with Gasteiger partial charge in [-0.2, -0.15) is 13.2 Å². The summed E-state index contributed by atoms with van der Waals surface area (Å²) in [4.78, 5) is 36.9. The molecule has 0 aliphatic carbocycles.